The first-order valence-electron chi connectivity index (χ1n) is 6.39. The molecule has 8 nitrogen and oxygen atoms in total. The Morgan fingerprint density at radius 3 is 2.52 bits per heavy atom. The SMILES string of the molecule is CNC(=O)c1ccc(NCC(=O)NC(C)C)c([N+](=O)[O-])c1. The van der Waals surface area contributed by atoms with E-state index in [-0.39, 0.29) is 35.4 Å². The molecule has 0 spiro atoms. The van der Waals surface area contributed by atoms with Crippen LogP contribution in [0, 0.1) is 10.1 Å². The number of carbonyl (C=O) groups excluding carboxylic acids is 2. The molecule has 0 aliphatic heterocycles. The van der Waals surface area contributed by atoms with Crippen LogP contribution in [0.4, 0.5) is 11.4 Å². The largest absolute Gasteiger partial charge is 0.371 e. The maximum absolute atomic E-state index is 11.5. The third-order valence-electron chi connectivity index (χ3n) is 2.57. The van der Waals surface area contributed by atoms with Gasteiger partial charge in [0.1, 0.15) is 5.69 Å². The highest BCUT2D eigenvalue weighted by Crippen LogP contribution is 2.25. The van der Waals surface area contributed by atoms with Gasteiger partial charge < -0.3 is 16.0 Å². The summed E-state index contributed by atoms with van der Waals surface area (Å²) >= 11 is 0. The molecule has 3 N–H and O–H groups in total. The van der Waals surface area contributed by atoms with Crippen LogP contribution in [0.5, 0.6) is 0 Å². The first kappa shape index (κ1) is 16.4. The Morgan fingerprint density at radius 1 is 1.33 bits per heavy atom. The van der Waals surface area contributed by atoms with Crippen molar-refractivity contribution in [3.8, 4) is 0 Å². The van der Waals surface area contributed by atoms with Crippen LogP contribution in [0.2, 0.25) is 0 Å². The molecule has 0 heterocycles. The number of hydrogen-bond donors (Lipinski definition) is 3. The molecule has 21 heavy (non-hydrogen) atoms. The molecule has 0 aliphatic carbocycles. The molecule has 1 aromatic rings. The summed E-state index contributed by atoms with van der Waals surface area (Å²) in [6, 6.07) is 4.02. The first-order valence-corrected chi connectivity index (χ1v) is 6.39. The number of benzene rings is 1. The Bertz CT molecular complexity index is 557. The summed E-state index contributed by atoms with van der Waals surface area (Å²) in [7, 11) is 1.44. The van der Waals surface area contributed by atoms with Crippen LogP contribution < -0.4 is 16.0 Å². The topological polar surface area (TPSA) is 113 Å². The summed E-state index contributed by atoms with van der Waals surface area (Å²) in [6.07, 6.45) is 0. The molecule has 0 saturated carbocycles. The molecule has 0 aromatic heterocycles. The van der Waals surface area contributed by atoms with Crippen molar-refractivity contribution in [3.63, 3.8) is 0 Å². The Hall–Kier alpha value is -2.64. The van der Waals surface area contributed by atoms with Crippen molar-refractivity contribution in [1.82, 2.24) is 10.6 Å². The molecule has 0 aliphatic rings. The van der Waals surface area contributed by atoms with Crippen LogP contribution in [-0.4, -0.2) is 36.4 Å². The van der Waals surface area contributed by atoms with Crippen LogP contribution in [0.15, 0.2) is 18.2 Å². The van der Waals surface area contributed by atoms with E-state index in [1.165, 1.54) is 25.2 Å². The van der Waals surface area contributed by atoms with Crippen LogP contribution in [0.25, 0.3) is 0 Å². The number of amides is 2. The smallest absolute Gasteiger partial charge is 0.293 e. The number of nitro benzene ring substituents is 1. The Labute approximate surface area is 122 Å². The number of nitrogens with zero attached hydrogens (tertiary/aromatic N) is 1. The fourth-order valence-electron chi connectivity index (χ4n) is 1.67. The zero-order chi connectivity index (χ0) is 16.0. The lowest BCUT2D eigenvalue weighted by Crippen LogP contribution is -2.34. The van der Waals surface area contributed by atoms with Gasteiger partial charge in [-0.15, -0.1) is 0 Å². The molecule has 2 amide bonds. The lowest BCUT2D eigenvalue weighted by molar-refractivity contribution is -0.384. The second kappa shape index (κ2) is 7.22. The molecule has 0 unspecified atom stereocenters. The minimum atomic E-state index is -0.602. The molecule has 0 bridgehead atoms. The summed E-state index contributed by atoms with van der Waals surface area (Å²) < 4.78 is 0. The summed E-state index contributed by atoms with van der Waals surface area (Å²) in [6.45, 7) is 3.55. The van der Waals surface area contributed by atoms with Crippen molar-refractivity contribution in [1.29, 1.82) is 0 Å². The number of nitrogens with one attached hydrogen (secondary N) is 3. The van der Waals surface area contributed by atoms with Gasteiger partial charge in [-0.25, -0.2) is 0 Å². The molecule has 114 valence electrons. The average Bonchev–Trinajstić information content (AvgIpc) is 2.43. The highest BCUT2D eigenvalue weighted by Gasteiger charge is 2.17. The van der Waals surface area contributed by atoms with Crippen LogP contribution >= 0.6 is 0 Å². The summed E-state index contributed by atoms with van der Waals surface area (Å²) in [5.41, 5.74) is 0.112. The molecule has 1 aromatic carbocycles. The third-order valence-corrected chi connectivity index (χ3v) is 2.57. The fourth-order valence-corrected chi connectivity index (χ4v) is 1.67. The molecule has 0 saturated heterocycles. The van der Waals surface area contributed by atoms with Crippen LogP contribution in [0.1, 0.15) is 24.2 Å². The van der Waals surface area contributed by atoms with E-state index in [9.17, 15) is 19.7 Å². The molecular formula is C13H18N4O4. The molecule has 8 heteroatoms. The van der Waals surface area contributed by atoms with E-state index in [0.717, 1.165) is 0 Å². The van der Waals surface area contributed by atoms with E-state index in [4.69, 9.17) is 0 Å². The number of hydrogen-bond acceptors (Lipinski definition) is 5. The van der Waals surface area contributed by atoms with Crippen molar-refractivity contribution >= 4 is 23.2 Å². The van der Waals surface area contributed by atoms with Gasteiger partial charge >= 0.3 is 0 Å². The van der Waals surface area contributed by atoms with Crippen molar-refractivity contribution in [2.45, 2.75) is 19.9 Å². The van der Waals surface area contributed by atoms with Gasteiger partial charge in [0.15, 0.2) is 0 Å². The van der Waals surface area contributed by atoms with Gasteiger partial charge in [0.05, 0.1) is 11.5 Å². The zero-order valence-corrected chi connectivity index (χ0v) is 12.1. The Kier molecular flexibility index (Phi) is 5.65. The van der Waals surface area contributed by atoms with Crippen molar-refractivity contribution in [3.05, 3.63) is 33.9 Å². The number of carbonyl (C=O) groups is 2. The monoisotopic (exact) mass is 294 g/mol. The van der Waals surface area contributed by atoms with Gasteiger partial charge in [0, 0.05) is 24.7 Å². The zero-order valence-electron chi connectivity index (χ0n) is 12.1. The van der Waals surface area contributed by atoms with Crippen molar-refractivity contribution < 1.29 is 14.5 Å². The normalized spacial score (nSPS) is 10.1. The minimum Gasteiger partial charge on any atom is -0.371 e. The lowest BCUT2D eigenvalue weighted by Gasteiger charge is -2.10. The third kappa shape index (κ3) is 4.75. The van der Waals surface area contributed by atoms with Crippen LogP contribution in [-0.2, 0) is 4.79 Å². The van der Waals surface area contributed by atoms with Crippen molar-refractivity contribution in [2.75, 3.05) is 18.9 Å². The predicted molar refractivity (Wildman–Crippen MR) is 78.3 cm³/mol. The standard InChI is InChI=1S/C13H18N4O4/c1-8(2)16-12(18)7-15-10-5-4-9(13(19)14-3)6-11(10)17(20)21/h4-6,8,15H,7H2,1-3H3,(H,14,19)(H,16,18). The molecule has 0 fully saturated rings. The second-order valence-corrected chi connectivity index (χ2v) is 4.64. The number of rotatable bonds is 6. The molecular weight excluding hydrogens is 276 g/mol. The summed E-state index contributed by atoms with van der Waals surface area (Å²) in [5.74, 6) is -0.683. The van der Waals surface area contributed by atoms with Gasteiger partial charge in [0.2, 0.25) is 5.91 Å². The number of anilines is 1. The Morgan fingerprint density at radius 2 is 2.00 bits per heavy atom. The Balaban J connectivity index is 2.89. The van der Waals surface area contributed by atoms with E-state index < -0.39 is 10.8 Å². The maximum Gasteiger partial charge on any atom is 0.293 e. The quantitative estimate of drug-likeness (QED) is 0.532. The fraction of sp³-hybridized carbons (Fsp3) is 0.385. The molecule has 0 atom stereocenters. The van der Waals surface area contributed by atoms with Crippen LogP contribution in [0.3, 0.4) is 0 Å². The van der Waals surface area contributed by atoms with E-state index in [1.807, 2.05) is 13.8 Å². The predicted octanol–water partition coefficient (Wildman–Crippen LogP) is 0.891. The second-order valence-electron chi connectivity index (χ2n) is 4.64. The van der Waals surface area contributed by atoms with Gasteiger partial charge in [-0.1, -0.05) is 0 Å². The lowest BCUT2D eigenvalue weighted by atomic mass is 10.1. The van der Waals surface area contributed by atoms with Gasteiger partial charge in [-0.05, 0) is 26.0 Å². The van der Waals surface area contributed by atoms with Gasteiger partial charge in [-0.2, -0.15) is 0 Å². The first-order chi connectivity index (χ1) is 9.85. The highest BCUT2D eigenvalue weighted by molar-refractivity contribution is 5.95. The summed E-state index contributed by atoms with van der Waals surface area (Å²) in [5, 5.41) is 18.8. The maximum atomic E-state index is 11.5. The number of nitro groups is 1. The van der Waals surface area contributed by atoms with Gasteiger partial charge in [0.25, 0.3) is 11.6 Å². The molecule has 1 rings (SSSR count). The molecule has 0 radical (unpaired) electrons. The van der Waals surface area contributed by atoms with E-state index in [2.05, 4.69) is 16.0 Å². The minimum absolute atomic E-state index is 0.00934. The van der Waals surface area contributed by atoms with E-state index in [0.29, 0.717) is 0 Å². The average molecular weight is 294 g/mol. The van der Waals surface area contributed by atoms with Gasteiger partial charge in [-0.3, -0.25) is 19.7 Å². The van der Waals surface area contributed by atoms with E-state index in [1.54, 1.807) is 0 Å². The van der Waals surface area contributed by atoms with Crippen molar-refractivity contribution in [2.24, 2.45) is 0 Å². The summed E-state index contributed by atoms with van der Waals surface area (Å²) in [4.78, 5) is 33.4. The van der Waals surface area contributed by atoms with E-state index >= 15 is 0 Å². The highest BCUT2D eigenvalue weighted by atomic mass is 16.6.